The number of halogens is 3. The summed E-state index contributed by atoms with van der Waals surface area (Å²) in [6.07, 6.45) is -0.0375. The highest BCUT2D eigenvalue weighted by Gasteiger charge is 2.45. The molecule has 12 heteroatoms. The number of carbonyl (C=O) groups excluding carboxylic acids is 2. The number of amides is 2. The molecule has 0 bridgehead atoms. The first-order chi connectivity index (χ1) is 17.7. The van der Waals surface area contributed by atoms with Crippen LogP contribution in [0.15, 0.2) is 41.7 Å². The Kier molecular flexibility index (Phi) is 5.23. The molecule has 4 heterocycles. The number of nitrogens with one attached hydrogen (secondary N) is 1. The van der Waals surface area contributed by atoms with Gasteiger partial charge >= 0.3 is 0 Å². The number of aromatic nitrogens is 2. The maximum Gasteiger partial charge on any atom is 0.278 e. The molecule has 2 N–H and O–H groups in total. The number of hydrogen-bond donors (Lipinski definition) is 2. The Balaban J connectivity index is 1.61. The Bertz CT molecular complexity index is 1570. The molecule has 0 unspecified atom stereocenters. The third-order valence-corrected chi connectivity index (χ3v) is 7.34. The van der Waals surface area contributed by atoms with Crippen LogP contribution >= 0.6 is 11.6 Å². The second-order valence-electron chi connectivity index (χ2n) is 9.23. The quantitative estimate of drug-likeness (QED) is 0.507. The number of piperazine rings is 1. The fourth-order valence-corrected chi connectivity index (χ4v) is 5.41. The van der Waals surface area contributed by atoms with Crippen LogP contribution in [-0.4, -0.2) is 63.2 Å². The molecule has 0 spiro atoms. The molecule has 37 heavy (non-hydrogen) atoms. The number of pyridine rings is 2. The van der Waals surface area contributed by atoms with Gasteiger partial charge in [-0.3, -0.25) is 19.0 Å². The number of phenolic OH excluding ortho intramolecular Hbond substituents is 1. The first-order valence-corrected chi connectivity index (χ1v) is 12.0. The fourth-order valence-electron chi connectivity index (χ4n) is 5.16. The van der Waals surface area contributed by atoms with Gasteiger partial charge in [0.05, 0.1) is 34.6 Å². The van der Waals surface area contributed by atoms with Gasteiger partial charge in [-0.2, -0.15) is 0 Å². The number of aromatic hydroxyl groups is 1. The maximum absolute atomic E-state index is 14.7. The normalized spacial score (nSPS) is 22.4. The zero-order valence-electron chi connectivity index (χ0n) is 19.2. The summed E-state index contributed by atoms with van der Waals surface area (Å²) in [6.45, 7) is 4.06. The molecule has 6 rings (SSSR count). The number of rotatable bonds is 3. The molecule has 1 saturated heterocycles. The molecule has 3 aliphatic rings. The molecule has 2 aromatic heterocycles. The third kappa shape index (κ3) is 3.48. The molecular formula is C25H20ClF2N5O4. The standard InChI is InChI=1S/C25H20ClF2N5O4/c1-2-18(35)31-6-7-32-16(10-31)24(36)30-21-22(32)11-8-12(26)20(19-13(27)4-3-5-17(19)34)29-23(11)33(25(21)37)15-9-14(15)28/h2-5,8,14-16,34H,1,6-7,9-10H2,(H,30,36)/t14-,15+,16+/m0/s1. The average molecular weight is 528 g/mol. The van der Waals surface area contributed by atoms with E-state index in [1.165, 1.54) is 29.2 Å². The molecule has 3 aromatic rings. The van der Waals surface area contributed by atoms with E-state index in [4.69, 9.17) is 11.6 Å². The monoisotopic (exact) mass is 527 g/mol. The Labute approximate surface area is 213 Å². The number of carbonyl (C=O) groups is 2. The van der Waals surface area contributed by atoms with Crippen LogP contribution in [0.25, 0.3) is 22.3 Å². The molecule has 2 amide bonds. The van der Waals surface area contributed by atoms with Crippen LogP contribution in [0, 0.1) is 5.82 Å². The summed E-state index contributed by atoms with van der Waals surface area (Å²) < 4.78 is 30.2. The molecule has 1 saturated carbocycles. The van der Waals surface area contributed by atoms with Crippen molar-refractivity contribution in [2.45, 2.75) is 24.7 Å². The Morgan fingerprint density at radius 3 is 2.73 bits per heavy atom. The Morgan fingerprint density at radius 2 is 2.05 bits per heavy atom. The summed E-state index contributed by atoms with van der Waals surface area (Å²) in [6, 6.07) is 3.61. The highest BCUT2D eigenvalue weighted by Crippen LogP contribution is 2.46. The smallest absolute Gasteiger partial charge is 0.278 e. The minimum Gasteiger partial charge on any atom is -0.507 e. The largest absolute Gasteiger partial charge is 0.507 e. The highest BCUT2D eigenvalue weighted by atomic mass is 35.5. The van der Waals surface area contributed by atoms with Crippen LogP contribution in [0.2, 0.25) is 5.02 Å². The van der Waals surface area contributed by atoms with Gasteiger partial charge < -0.3 is 20.2 Å². The summed E-state index contributed by atoms with van der Waals surface area (Å²) in [5.74, 6) is -1.96. The van der Waals surface area contributed by atoms with Crippen molar-refractivity contribution in [2.75, 3.05) is 29.9 Å². The molecular weight excluding hydrogens is 508 g/mol. The molecule has 1 aliphatic carbocycles. The first kappa shape index (κ1) is 23.4. The van der Waals surface area contributed by atoms with Gasteiger partial charge in [0.15, 0.2) is 0 Å². The lowest BCUT2D eigenvalue weighted by Gasteiger charge is -2.45. The summed E-state index contributed by atoms with van der Waals surface area (Å²) in [5, 5.41) is 13.3. The highest BCUT2D eigenvalue weighted by molar-refractivity contribution is 6.34. The van der Waals surface area contributed by atoms with Gasteiger partial charge in [0.25, 0.3) is 5.56 Å². The molecule has 9 nitrogen and oxygen atoms in total. The predicted molar refractivity (Wildman–Crippen MR) is 133 cm³/mol. The summed E-state index contributed by atoms with van der Waals surface area (Å²) >= 11 is 6.56. The number of hydrogen-bond acceptors (Lipinski definition) is 6. The van der Waals surface area contributed by atoms with Crippen molar-refractivity contribution in [2.24, 2.45) is 0 Å². The summed E-state index contributed by atoms with van der Waals surface area (Å²) in [7, 11) is 0. The van der Waals surface area contributed by atoms with E-state index >= 15 is 0 Å². The van der Waals surface area contributed by atoms with E-state index in [1.807, 2.05) is 0 Å². The van der Waals surface area contributed by atoms with E-state index in [9.17, 15) is 28.3 Å². The van der Waals surface area contributed by atoms with Crippen molar-refractivity contribution < 1.29 is 23.5 Å². The average Bonchev–Trinajstić information content (AvgIpc) is 3.60. The molecule has 2 fully saturated rings. The van der Waals surface area contributed by atoms with E-state index in [2.05, 4.69) is 16.9 Å². The zero-order valence-corrected chi connectivity index (χ0v) is 20.0. The SMILES string of the molecule is C=CC(=O)N1CCN2c3c(c(=O)n([C@@H]4C[C@@H]4F)c4nc(-c5c(O)cccc5F)c(Cl)cc34)NC(=O)[C@H]2C1. The fraction of sp³-hybridized carbons (Fsp3) is 0.280. The van der Waals surface area contributed by atoms with Crippen molar-refractivity contribution >= 4 is 45.8 Å². The molecule has 1 aromatic carbocycles. The Hall–Kier alpha value is -3.99. The first-order valence-electron chi connectivity index (χ1n) is 11.6. The van der Waals surface area contributed by atoms with E-state index < -0.39 is 41.3 Å². The summed E-state index contributed by atoms with van der Waals surface area (Å²) in [4.78, 5) is 46.5. The van der Waals surface area contributed by atoms with Gasteiger partial charge in [-0.25, -0.2) is 13.8 Å². The van der Waals surface area contributed by atoms with Gasteiger partial charge in [0, 0.05) is 24.9 Å². The van der Waals surface area contributed by atoms with Crippen molar-refractivity contribution in [1.82, 2.24) is 14.5 Å². The summed E-state index contributed by atoms with van der Waals surface area (Å²) in [5.41, 5.74) is -0.636. The lowest BCUT2D eigenvalue weighted by Crippen LogP contribution is -2.61. The second kappa shape index (κ2) is 8.27. The van der Waals surface area contributed by atoms with Crippen LogP contribution in [0.4, 0.5) is 20.2 Å². The number of benzene rings is 1. The third-order valence-electron chi connectivity index (χ3n) is 7.05. The molecule has 0 radical (unpaired) electrons. The van der Waals surface area contributed by atoms with E-state index in [-0.39, 0.29) is 59.6 Å². The van der Waals surface area contributed by atoms with Crippen molar-refractivity contribution in [1.29, 1.82) is 0 Å². The lowest BCUT2D eigenvalue weighted by molar-refractivity contribution is -0.128. The minimum absolute atomic E-state index is 0.0122. The van der Waals surface area contributed by atoms with Crippen LogP contribution in [0.3, 0.4) is 0 Å². The number of phenols is 1. The van der Waals surface area contributed by atoms with Crippen LogP contribution < -0.4 is 15.8 Å². The van der Waals surface area contributed by atoms with Crippen LogP contribution in [0.1, 0.15) is 12.5 Å². The number of fused-ring (bicyclic) bond motifs is 5. The van der Waals surface area contributed by atoms with E-state index in [0.29, 0.717) is 11.1 Å². The maximum atomic E-state index is 14.7. The van der Waals surface area contributed by atoms with Gasteiger partial charge in [-0.1, -0.05) is 24.2 Å². The number of nitrogens with zero attached hydrogens (tertiary/aromatic N) is 4. The number of alkyl halides is 1. The van der Waals surface area contributed by atoms with E-state index in [1.54, 1.807) is 4.90 Å². The lowest BCUT2D eigenvalue weighted by atomic mass is 10.0. The van der Waals surface area contributed by atoms with Crippen LogP contribution in [-0.2, 0) is 9.59 Å². The van der Waals surface area contributed by atoms with Crippen molar-refractivity contribution in [3.05, 3.63) is 58.1 Å². The van der Waals surface area contributed by atoms with Gasteiger partial charge in [-0.05, 0) is 24.3 Å². The zero-order chi connectivity index (χ0) is 26.2. The van der Waals surface area contributed by atoms with E-state index in [0.717, 1.165) is 10.6 Å². The molecule has 2 aliphatic heterocycles. The van der Waals surface area contributed by atoms with Gasteiger partial charge in [0.2, 0.25) is 11.8 Å². The van der Waals surface area contributed by atoms with Gasteiger partial charge in [-0.15, -0.1) is 0 Å². The van der Waals surface area contributed by atoms with Crippen LogP contribution in [0.5, 0.6) is 5.75 Å². The topological polar surface area (TPSA) is 108 Å². The Morgan fingerprint density at radius 1 is 1.30 bits per heavy atom. The number of anilines is 2. The molecule has 3 atom stereocenters. The predicted octanol–water partition coefficient (Wildman–Crippen LogP) is 3.00. The van der Waals surface area contributed by atoms with Crippen molar-refractivity contribution in [3.63, 3.8) is 0 Å². The van der Waals surface area contributed by atoms with Gasteiger partial charge in [0.1, 0.15) is 35.1 Å². The second-order valence-corrected chi connectivity index (χ2v) is 9.64. The molecule has 190 valence electrons. The van der Waals surface area contributed by atoms with Crippen molar-refractivity contribution in [3.8, 4) is 17.0 Å². The minimum atomic E-state index is -1.29.